The van der Waals surface area contributed by atoms with E-state index >= 15 is 0 Å². The van der Waals surface area contributed by atoms with Crippen molar-refractivity contribution in [2.24, 2.45) is 0 Å². The van der Waals surface area contributed by atoms with Crippen molar-refractivity contribution in [2.75, 3.05) is 13.2 Å². The average molecular weight is 841 g/mol. The van der Waals surface area contributed by atoms with E-state index in [1.54, 1.807) is 17.9 Å². The van der Waals surface area contributed by atoms with Crippen molar-refractivity contribution >= 4 is 51.3 Å². The molecule has 1 saturated heterocycles. The van der Waals surface area contributed by atoms with Gasteiger partial charge < -0.3 is 0 Å². The molecule has 1 aliphatic rings. The first-order valence-corrected chi connectivity index (χ1v) is 19.7. The van der Waals surface area contributed by atoms with Gasteiger partial charge in [0.15, 0.2) is 0 Å². The van der Waals surface area contributed by atoms with Crippen LogP contribution in [-0.2, 0) is 22.7 Å². The summed E-state index contributed by atoms with van der Waals surface area (Å²) in [6.07, 6.45) is 8.49. The number of hydrogen-bond acceptors (Lipinski definition) is 3. The molecule has 2 heterocycles. The van der Waals surface area contributed by atoms with Gasteiger partial charge in [0.25, 0.3) is 0 Å². The Balaban J connectivity index is 1.49. The van der Waals surface area contributed by atoms with Gasteiger partial charge in [-0.15, -0.1) is 0 Å². The number of hydrogen-bond donors (Lipinski definition) is 0. The van der Waals surface area contributed by atoms with Crippen molar-refractivity contribution in [1.29, 1.82) is 0 Å². The van der Waals surface area contributed by atoms with Crippen LogP contribution in [0.4, 0.5) is 0 Å². The molecule has 0 radical (unpaired) electrons. The van der Waals surface area contributed by atoms with Crippen LogP contribution in [0.25, 0.3) is 28.1 Å². The number of allylic oxidation sites excluding steroid dienone is 5. The van der Waals surface area contributed by atoms with Gasteiger partial charge in [-0.3, -0.25) is 0 Å². The Morgan fingerprint density at radius 2 is 1.24 bits per heavy atom. The summed E-state index contributed by atoms with van der Waals surface area (Å²) in [6.45, 7) is 5.24. The van der Waals surface area contributed by atoms with Crippen molar-refractivity contribution in [2.45, 2.75) is 13.8 Å². The molecule has 0 amide bonds. The Bertz CT molecular complexity index is 2330. The van der Waals surface area contributed by atoms with Gasteiger partial charge in [0, 0.05) is 0 Å². The van der Waals surface area contributed by atoms with Crippen LogP contribution in [0.5, 0.6) is 0 Å². The predicted octanol–water partition coefficient (Wildman–Crippen LogP) is 8.82. The van der Waals surface area contributed by atoms with Gasteiger partial charge in [-0.05, 0) is 12.5 Å². The van der Waals surface area contributed by atoms with Crippen molar-refractivity contribution < 1.29 is 22.7 Å². The van der Waals surface area contributed by atoms with Crippen LogP contribution in [0.2, 0.25) is 0 Å². The zero-order chi connectivity index (χ0) is 34.3. The molecule has 0 spiro atoms. The van der Waals surface area contributed by atoms with E-state index in [4.69, 9.17) is 14.7 Å². The van der Waals surface area contributed by atoms with E-state index < -0.39 is 7.26 Å². The van der Waals surface area contributed by atoms with Gasteiger partial charge >= 0.3 is 281 Å². The summed E-state index contributed by atoms with van der Waals surface area (Å²) >= 11 is 1.77. The summed E-state index contributed by atoms with van der Waals surface area (Å²) < 4.78 is 9.71. The van der Waals surface area contributed by atoms with Gasteiger partial charge in [-0.1, -0.05) is 12.2 Å². The third-order valence-electron chi connectivity index (χ3n) is 8.86. The van der Waals surface area contributed by atoms with Gasteiger partial charge in [-0.25, -0.2) is 0 Å². The molecule has 0 saturated carbocycles. The summed E-state index contributed by atoms with van der Waals surface area (Å²) in [6, 6.07) is 44.9. The topological polar surface area (TPSA) is 35.0 Å². The molecule has 0 unspecified atom stereocenters. The standard InChI is InChI=1S/C45H35N2OP.Os/c1-4-15-34-23-26-42-44(28-34)46-43-27-24-35(29-45(43)47-42)22-25-37(30-38-32-48-31-36(38)5-2)33(3)49(39-16-9-6-10-17-39,40-18-11-7-12-19-40)41-20-13-8-14-21-41;/h4-21,23-24,26-30H,31-32H2,1-2H3;/q+1;/b15-4+,36-5?,37-33?,38-30?;. The second-order valence-corrected chi connectivity index (χ2v) is 15.9. The summed E-state index contributed by atoms with van der Waals surface area (Å²) in [5.74, 6) is 7.23. The van der Waals surface area contributed by atoms with E-state index in [1.165, 1.54) is 21.5 Å². The molecule has 243 valence electrons. The van der Waals surface area contributed by atoms with Crippen molar-refractivity contribution in [3.05, 3.63) is 179 Å². The van der Waals surface area contributed by atoms with E-state index in [0.29, 0.717) is 13.2 Å². The van der Waals surface area contributed by atoms with Gasteiger partial charge in [-0.2, -0.15) is 0 Å². The van der Waals surface area contributed by atoms with Crippen LogP contribution in [0.1, 0.15) is 25.0 Å². The zero-order valence-electron chi connectivity index (χ0n) is 28.0. The van der Waals surface area contributed by atoms with E-state index in [-0.39, 0.29) is 0 Å². The van der Waals surface area contributed by atoms with Crippen LogP contribution in [0.3, 0.4) is 0 Å². The second-order valence-electron chi connectivity index (χ2n) is 11.9. The maximum atomic E-state index is 5.95. The normalized spacial score (nSPS) is 15.3. The first-order chi connectivity index (χ1) is 24.6. The molecule has 1 aliphatic heterocycles. The Morgan fingerprint density at radius 1 is 0.680 bits per heavy atom. The molecule has 0 N–H and O–H groups in total. The van der Waals surface area contributed by atoms with Crippen molar-refractivity contribution in [1.82, 2.24) is 9.97 Å². The van der Waals surface area contributed by atoms with Gasteiger partial charge in [0.1, 0.15) is 0 Å². The van der Waals surface area contributed by atoms with Crippen LogP contribution in [0, 0.1) is 16.2 Å². The minimum absolute atomic E-state index is 0.548. The quantitative estimate of drug-likeness (QED) is 0.0957. The molecule has 1 aromatic heterocycles. The first kappa shape index (κ1) is 33.5. The molecular formula is C45H35N2OOsP+. The van der Waals surface area contributed by atoms with Crippen LogP contribution < -0.4 is 15.9 Å². The third kappa shape index (κ3) is 6.63. The van der Waals surface area contributed by atoms with Gasteiger partial charge in [0.05, 0.1) is 0 Å². The number of fused-ring (bicyclic) bond motifs is 2. The number of aromatic nitrogens is 2. The molecule has 0 atom stereocenters. The van der Waals surface area contributed by atoms with Gasteiger partial charge in [0.2, 0.25) is 0 Å². The fraction of sp³-hybridized carbons (Fsp3) is 0.0889. The number of rotatable bonds is 6. The number of nitrogens with zero attached hydrogens (tertiary/aromatic N) is 2. The molecule has 5 aromatic carbocycles. The zero-order valence-corrected chi connectivity index (χ0v) is 31.4. The van der Waals surface area contributed by atoms with E-state index in [9.17, 15) is 0 Å². The molecule has 0 bridgehead atoms. The monoisotopic (exact) mass is 842 g/mol. The molecule has 3 nitrogen and oxygen atoms in total. The maximum absolute atomic E-state index is 5.95. The molecular weight excluding hydrogens is 806 g/mol. The summed E-state index contributed by atoms with van der Waals surface area (Å²) in [4.78, 5) is 9.90. The Hall–Kier alpha value is -4.97. The summed E-state index contributed by atoms with van der Waals surface area (Å²) in [5.41, 5.74) is 8.67. The summed E-state index contributed by atoms with van der Waals surface area (Å²) in [7, 11) is -2.46. The fourth-order valence-corrected chi connectivity index (χ4v) is 12.2. The Morgan fingerprint density at radius 3 is 1.80 bits per heavy atom. The van der Waals surface area contributed by atoms with Crippen LogP contribution in [-0.4, -0.2) is 23.2 Å². The molecule has 50 heavy (non-hydrogen) atoms. The minimum atomic E-state index is -2.46. The van der Waals surface area contributed by atoms with E-state index in [2.05, 4.69) is 144 Å². The number of ether oxygens (including phenoxy) is 1. The second kappa shape index (κ2) is 15.3. The molecule has 6 aromatic rings. The molecule has 0 aliphatic carbocycles. The Labute approximate surface area is 304 Å². The first-order valence-electron chi connectivity index (χ1n) is 16.6. The number of benzene rings is 5. The Kier molecular flexibility index (Phi) is 10.2. The fourth-order valence-electron chi connectivity index (χ4n) is 6.48. The third-order valence-corrected chi connectivity index (χ3v) is 14.2. The molecule has 1 fully saturated rings. The van der Waals surface area contributed by atoms with E-state index in [0.717, 1.165) is 49.7 Å². The summed E-state index contributed by atoms with van der Waals surface area (Å²) in [5, 5.41) is 4.86. The predicted molar refractivity (Wildman–Crippen MR) is 207 cm³/mol. The van der Waals surface area contributed by atoms with Crippen molar-refractivity contribution in [3.8, 4) is 16.2 Å². The van der Waals surface area contributed by atoms with E-state index in [1.807, 2.05) is 37.3 Å². The average Bonchev–Trinajstić information content (AvgIpc) is 3.63. The van der Waals surface area contributed by atoms with Crippen LogP contribution in [0.15, 0.2) is 168 Å². The van der Waals surface area contributed by atoms with Crippen molar-refractivity contribution in [3.63, 3.8) is 0 Å². The van der Waals surface area contributed by atoms with Crippen LogP contribution >= 0.6 is 7.26 Å². The molecule has 7 rings (SSSR count). The SMILES string of the molecule is CC=C1COCC1=CC(C#Cc1ccc2nc3cc(/C=C/C)ccc3nc2c1)=C([C]#[Os])[P+](c1ccccc1)(c1ccccc1)c1ccccc1. The molecule has 5 heteroatoms.